The van der Waals surface area contributed by atoms with Crippen molar-refractivity contribution in [3.05, 3.63) is 82.9 Å². The van der Waals surface area contributed by atoms with E-state index in [1.54, 1.807) is 63.8 Å². The van der Waals surface area contributed by atoms with Crippen molar-refractivity contribution in [1.29, 1.82) is 0 Å². The van der Waals surface area contributed by atoms with Crippen molar-refractivity contribution in [2.24, 2.45) is 0 Å². The van der Waals surface area contributed by atoms with Crippen molar-refractivity contribution >= 4 is 17.5 Å². The number of anilines is 1. The van der Waals surface area contributed by atoms with E-state index in [0.29, 0.717) is 34.9 Å². The minimum atomic E-state index is -0.239. The molecule has 0 bridgehead atoms. The lowest BCUT2D eigenvalue weighted by molar-refractivity contribution is 0.0948. The zero-order valence-electron chi connectivity index (χ0n) is 19.8. The van der Waals surface area contributed by atoms with Crippen LogP contribution < -0.4 is 24.4 Å². The normalized spacial score (nSPS) is 14.4. The van der Waals surface area contributed by atoms with Gasteiger partial charge in [-0.2, -0.15) is 0 Å². The number of rotatable bonds is 7. The molecule has 3 aromatic rings. The summed E-state index contributed by atoms with van der Waals surface area (Å²) in [7, 11) is 4.68. The molecule has 0 spiro atoms. The molecule has 0 saturated carbocycles. The van der Waals surface area contributed by atoms with Crippen LogP contribution in [-0.2, 0) is 13.0 Å². The van der Waals surface area contributed by atoms with Gasteiger partial charge in [0.05, 0.1) is 21.3 Å². The molecule has 1 aliphatic rings. The van der Waals surface area contributed by atoms with Gasteiger partial charge in [0.2, 0.25) is 0 Å². The maximum Gasteiger partial charge on any atom is 0.258 e. The Kier molecular flexibility index (Phi) is 6.72. The molecule has 2 amide bonds. The number of hydrogen-bond donors (Lipinski definition) is 1. The quantitative estimate of drug-likeness (QED) is 0.571. The van der Waals surface area contributed by atoms with Crippen molar-refractivity contribution in [1.82, 2.24) is 5.32 Å². The summed E-state index contributed by atoms with van der Waals surface area (Å²) in [6.07, 6.45) is 0.785. The predicted molar refractivity (Wildman–Crippen MR) is 130 cm³/mol. The summed E-state index contributed by atoms with van der Waals surface area (Å²) in [5.41, 5.74) is 3.95. The third-order valence-electron chi connectivity index (χ3n) is 5.99. The number of carbonyl (C=O) groups excluding carboxylic acids is 2. The van der Waals surface area contributed by atoms with Gasteiger partial charge in [-0.1, -0.05) is 12.1 Å². The molecule has 7 nitrogen and oxygen atoms in total. The van der Waals surface area contributed by atoms with Gasteiger partial charge < -0.3 is 24.4 Å². The second-order valence-corrected chi connectivity index (χ2v) is 8.20. The summed E-state index contributed by atoms with van der Waals surface area (Å²) in [5, 5.41) is 2.94. The van der Waals surface area contributed by atoms with Gasteiger partial charge in [0.15, 0.2) is 0 Å². The average Bonchev–Trinajstić information content (AvgIpc) is 3.21. The van der Waals surface area contributed by atoms with E-state index in [1.807, 2.05) is 30.0 Å². The topological polar surface area (TPSA) is 77.1 Å². The molecule has 0 saturated heterocycles. The van der Waals surface area contributed by atoms with E-state index >= 15 is 0 Å². The highest BCUT2D eigenvalue weighted by Gasteiger charge is 2.31. The van der Waals surface area contributed by atoms with Crippen molar-refractivity contribution in [3.63, 3.8) is 0 Å². The van der Waals surface area contributed by atoms with Gasteiger partial charge in [0, 0.05) is 35.5 Å². The second kappa shape index (κ2) is 9.87. The Bertz CT molecular complexity index is 1180. The molecule has 7 heteroatoms. The lowest BCUT2D eigenvalue weighted by Gasteiger charge is -2.23. The van der Waals surface area contributed by atoms with E-state index in [9.17, 15) is 9.59 Å². The molecular weight excluding hydrogens is 432 g/mol. The van der Waals surface area contributed by atoms with Gasteiger partial charge in [0.25, 0.3) is 11.8 Å². The van der Waals surface area contributed by atoms with Crippen LogP contribution in [0.25, 0.3) is 0 Å². The number of methoxy groups -OCH3 is 3. The first-order valence-corrected chi connectivity index (χ1v) is 11.0. The largest absolute Gasteiger partial charge is 0.497 e. The first-order valence-electron chi connectivity index (χ1n) is 11.0. The van der Waals surface area contributed by atoms with Crippen LogP contribution in [0.15, 0.2) is 60.7 Å². The summed E-state index contributed by atoms with van der Waals surface area (Å²) in [6.45, 7) is 2.36. The molecular formula is C27H28N2O5. The summed E-state index contributed by atoms with van der Waals surface area (Å²) in [5.74, 6) is 1.50. The van der Waals surface area contributed by atoms with Gasteiger partial charge >= 0.3 is 0 Å². The number of amides is 2. The third-order valence-corrected chi connectivity index (χ3v) is 5.99. The van der Waals surface area contributed by atoms with Crippen molar-refractivity contribution in [3.8, 4) is 17.2 Å². The van der Waals surface area contributed by atoms with Crippen LogP contribution in [0.1, 0.15) is 38.8 Å². The molecule has 1 unspecified atom stereocenters. The minimum absolute atomic E-state index is 0.0405. The molecule has 1 atom stereocenters. The van der Waals surface area contributed by atoms with Gasteiger partial charge in [0.1, 0.15) is 17.2 Å². The fourth-order valence-electron chi connectivity index (χ4n) is 4.17. The van der Waals surface area contributed by atoms with Crippen LogP contribution in [0.3, 0.4) is 0 Å². The molecule has 1 aliphatic heterocycles. The smallest absolute Gasteiger partial charge is 0.258 e. The van der Waals surface area contributed by atoms with Crippen LogP contribution in [0.4, 0.5) is 5.69 Å². The number of benzene rings is 3. The van der Waals surface area contributed by atoms with E-state index in [2.05, 4.69) is 5.32 Å². The van der Waals surface area contributed by atoms with Crippen LogP contribution >= 0.6 is 0 Å². The van der Waals surface area contributed by atoms with Gasteiger partial charge in [-0.25, -0.2) is 0 Å². The van der Waals surface area contributed by atoms with Crippen molar-refractivity contribution in [2.45, 2.75) is 25.9 Å². The zero-order chi connectivity index (χ0) is 24.2. The molecule has 4 rings (SSSR count). The first kappa shape index (κ1) is 23.2. The Labute approximate surface area is 199 Å². The molecule has 34 heavy (non-hydrogen) atoms. The molecule has 0 radical (unpaired) electrons. The first-order chi connectivity index (χ1) is 16.4. The number of hydrogen-bond acceptors (Lipinski definition) is 5. The summed E-state index contributed by atoms with van der Waals surface area (Å²) in [6, 6.07) is 18.2. The van der Waals surface area contributed by atoms with Crippen molar-refractivity contribution in [2.75, 3.05) is 26.2 Å². The fourth-order valence-corrected chi connectivity index (χ4v) is 4.17. The van der Waals surface area contributed by atoms with E-state index in [1.165, 1.54) is 0 Å². The fraction of sp³-hybridized carbons (Fsp3) is 0.259. The van der Waals surface area contributed by atoms with Gasteiger partial charge in [-0.05, 0) is 66.9 Å². The minimum Gasteiger partial charge on any atom is -0.497 e. The molecule has 1 heterocycles. The van der Waals surface area contributed by atoms with E-state index < -0.39 is 0 Å². The van der Waals surface area contributed by atoms with Gasteiger partial charge in [-0.3, -0.25) is 9.59 Å². The SMILES string of the molecule is COc1ccc(C(=O)N2c3cc(CNC(=O)c4cc(OC)cc(OC)c4)ccc3CC2C)cc1. The summed E-state index contributed by atoms with van der Waals surface area (Å²) < 4.78 is 15.7. The van der Waals surface area contributed by atoms with Crippen LogP contribution in [0.2, 0.25) is 0 Å². The number of fused-ring (bicyclic) bond motifs is 1. The highest BCUT2D eigenvalue weighted by Crippen LogP contribution is 2.34. The Morgan fingerprint density at radius 1 is 0.853 bits per heavy atom. The number of nitrogens with zero attached hydrogens (tertiary/aromatic N) is 1. The highest BCUT2D eigenvalue weighted by molar-refractivity contribution is 6.08. The predicted octanol–water partition coefficient (Wildman–Crippen LogP) is 4.23. The maximum absolute atomic E-state index is 13.3. The van der Waals surface area contributed by atoms with Crippen LogP contribution in [-0.4, -0.2) is 39.2 Å². The van der Waals surface area contributed by atoms with E-state index in [4.69, 9.17) is 14.2 Å². The van der Waals surface area contributed by atoms with E-state index in [-0.39, 0.29) is 17.9 Å². The average molecular weight is 461 g/mol. The number of ether oxygens (including phenoxy) is 3. The Balaban J connectivity index is 1.51. The summed E-state index contributed by atoms with van der Waals surface area (Å²) in [4.78, 5) is 27.9. The van der Waals surface area contributed by atoms with E-state index in [0.717, 1.165) is 23.2 Å². The number of nitrogens with one attached hydrogen (secondary N) is 1. The lowest BCUT2D eigenvalue weighted by atomic mass is 10.1. The molecule has 0 aromatic heterocycles. The zero-order valence-corrected chi connectivity index (χ0v) is 19.8. The second-order valence-electron chi connectivity index (χ2n) is 8.20. The number of carbonyl (C=O) groups is 2. The van der Waals surface area contributed by atoms with Crippen LogP contribution in [0, 0.1) is 0 Å². The highest BCUT2D eigenvalue weighted by atomic mass is 16.5. The Hall–Kier alpha value is -4.00. The lowest BCUT2D eigenvalue weighted by Crippen LogP contribution is -2.35. The molecule has 0 fully saturated rings. The van der Waals surface area contributed by atoms with Crippen molar-refractivity contribution < 1.29 is 23.8 Å². The summed E-state index contributed by atoms with van der Waals surface area (Å²) >= 11 is 0. The standard InChI is InChI=1S/C27H28N2O5/c1-17-11-20-6-5-18(16-28-26(30)21-13-23(33-3)15-24(14-21)34-4)12-25(20)29(17)27(31)19-7-9-22(32-2)10-8-19/h5-10,12-15,17H,11,16H2,1-4H3,(H,28,30). The van der Waals surface area contributed by atoms with Gasteiger partial charge in [-0.15, -0.1) is 0 Å². The molecule has 3 aromatic carbocycles. The third kappa shape index (κ3) is 4.69. The Morgan fingerprint density at radius 2 is 1.50 bits per heavy atom. The molecule has 176 valence electrons. The molecule has 0 aliphatic carbocycles. The Morgan fingerprint density at radius 3 is 2.12 bits per heavy atom. The van der Waals surface area contributed by atoms with Crippen LogP contribution in [0.5, 0.6) is 17.2 Å². The maximum atomic E-state index is 13.3. The monoisotopic (exact) mass is 460 g/mol. The molecule has 1 N–H and O–H groups in total.